The molecule has 2 unspecified atom stereocenters. The summed E-state index contributed by atoms with van der Waals surface area (Å²) in [6.07, 6.45) is 5.13. The Labute approximate surface area is 129 Å². The molecule has 120 valence electrons. The predicted octanol–water partition coefficient (Wildman–Crippen LogP) is 2.84. The van der Waals surface area contributed by atoms with E-state index in [0.717, 1.165) is 19.4 Å². The minimum absolute atomic E-state index is 0.00495. The summed E-state index contributed by atoms with van der Waals surface area (Å²) in [6.45, 7) is 13.1. The summed E-state index contributed by atoms with van der Waals surface area (Å²) < 4.78 is 18.2. The summed E-state index contributed by atoms with van der Waals surface area (Å²) in [5.41, 5.74) is -0.637. The summed E-state index contributed by atoms with van der Waals surface area (Å²) >= 11 is 0. The van der Waals surface area contributed by atoms with Gasteiger partial charge in [0.05, 0.1) is 17.1 Å². The van der Waals surface area contributed by atoms with Crippen LogP contribution in [0.4, 0.5) is 0 Å². The van der Waals surface area contributed by atoms with E-state index in [4.69, 9.17) is 14.0 Å². The molecule has 2 fully saturated rings. The van der Waals surface area contributed by atoms with Gasteiger partial charge in [0.1, 0.15) is 6.23 Å². The van der Waals surface area contributed by atoms with E-state index in [9.17, 15) is 0 Å². The minimum Gasteiger partial charge on any atom is -0.402 e. The average molecular weight is 296 g/mol. The summed E-state index contributed by atoms with van der Waals surface area (Å²) in [7, 11) is -0.302. The highest BCUT2D eigenvalue weighted by Crippen LogP contribution is 2.38. The highest BCUT2D eigenvalue weighted by Gasteiger charge is 2.54. The fourth-order valence-electron chi connectivity index (χ4n) is 2.72. The van der Waals surface area contributed by atoms with Crippen molar-refractivity contribution in [1.29, 1.82) is 0 Å². The van der Waals surface area contributed by atoms with Crippen molar-refractivity contribution in [3.8, 4) is 0 Å². The zero-order valence-corrected chi connectivity index (χ0v) is 14.3. The van der Waals surface area contributed by atoms with Crippen molar-refractivity contribution in [2.45, 2.75) is 84.2 Å². The maximum Gasteiger partial charge on any atom is 0.483 e. The molecule has 2 heterocycles. The number of hydrogen-bond acceptors (Lipinski definition) is 5. The molecule has 0 aromatic carbocycles. The number of hydrogen-bond donors (Lipinski definition) is 0. The van der Waals surface area contributed by atoms with Crippen LogP contribution < -0.4 is 0 Å². The fraction of sp³-hybridized carbons (Fsp3) is 0.933. The molecule has 2 aliphatic rings. The zero-order valence-electron chi connectivity index (χ0n) is 14.3. The Morgan fingerprint density at radius 1 is 1.19 bits per heavy atom. The third-order valence-corrected chi connectivity index (χ3v) is 4.78. The maximum absolute atomic E-state index is 6.15. The van der Waals surface area contributed by atoms with E-state index < -0.39 is 0 Å². The van der Waals surface area contributed by atoms with Crippen molar-refractivity contribution in [1.82, 2.24) is 5.01 Å². The van der Waals surface area contributed by atoms with Gasteiger partial charge in [-0.2, -0.15) is 5.10 Å². The Morgan fingerprint density at radius 2 is 1.81 bits per heavy atom. The summed E-state index contributed by atoms with van der Waals surface area (Å²) in [5.74, 6) is 0.00495. The van der Waals surface area contributed by atoms with E-state index >= 15 is 0 Å². The molecule has 2 atom stereocenters. The standard InChI is InChI=1S/C15H29BN2O3/c1-7-17-18(13-10-8-9-11-19-13)12(2)16-20-14(3,4)15(5,6)21-16/h7,12-13H,8-11H2,1-6H3/b17-7-. The van der Waals surface area contributed by atoms with Crippen LogP contribution >= 0.6 is 0 Å². The van der Waals surface area contributed by atoms with Crippen molar-refractivity contribution < 1.29 is 14.0 Å². The number of ether oxygens (including phenoxy) is 1. The van der Waals surface area contributed by atoms with Gasteiger partial charge in [-0.1, -0.05) is 0 Å². The lowest BCUT2D eigenvalue weighted by Crippen LogP contribution is -2.50. The van der Waals surface area contributed by atoms with Crippen LogP contribution in [0.25, 0.3) is 0 Å². The van der Waals surface area contributed by atoms with Gasteiger partial charge in [-0.25, -0.2) is 0 Å². The van der Waals surface area contributed by atoms with Crippen LogP contribution in [0.3, 0.4) is 0 Å². The summed E-state index contributed by atoms with van der Waals surface area (Å²) in [4.78, 5) is 0. The van der Waals surface area contributed by atoms with Gasteiger partial charge < -0.3 is 14.0 Å². The molecule has 0 bridgehead atoms. The largest absolute Gasteiger partial charge is 0.483 e. The van der Waals surface area contributed by atoms with Crippen LogP contribution in [-0.4, -0.2) is 48.3 Å². The van der Waals surface area contributed by atoms with Crippen LogP contribution in [0.1, 0.15) is 60.8 Å². The lowest BCUT2D eigenvalue weighted by atomic mass is 9.79. The second-order valence-electron chi connectivity index (χ2n) is 6.94. The van der Waals surface area contributed by atoms with Crippen molar-refractivity contribution >= 4 is 13.3 Å². The molecule has 0 amide bonds. The highest BCUT2D eigenvalue weighted by molar-refractivity contribution is 6.47. The Hall–Kier alpha value is -0.585. The molecule has 6 heteroatoms. The first-order valence-electron chi connectivity index (χ1n) is 8.02. The lowest BCUT2D eigenvalue weighted by Gasteiger charge is -2.36. The molecule has 5 nitrogen and oxygen atoms in total. The molecule has 0 aliphatic carbocycles. The molecule has 21 heavy (non-hydrogen) atoms. The molecule has 2 saturated heterocycles. The van der Waals surface area contributed by atoms with Gasteiger partial charge in [-0.15, -0.1) is 0 Å². The van der Waals surface area contributed by atoms with Crippen LogP contribution in [0.15, 0.2) is 5.10 Å². The second kappa shape index (κ2) is 6.27. The van der Waals surface area contributed by atoms with Gasteiger partial charge in [-0.05, 0) is 60.8 Å². The molecule has 2 aliphatic heterocycles. The quantitative estimate of drug-likeness (QED) is 0.454. The highest BCUT2D eigenvalue weighted by atomic mass is 16.7. The SMILES string of the molecule is C/C=N\N(C1CCCCO1)C(C)B1OC(C)(C)C(C)(C)O1. The molecule has 0 N–H and O–H groups in total. The van der Waals surface area contributed by atoms with Gasteiger partial charge in [0.25, 0.3) is 0 Å². The van der Waals surface area contributed by atoms with E-state index in [1.807, 2.05) is 11.9 Å². The van der Waals surface area contributed by atoms with Crippen LogP contribution in [0, 0.1) is 0 Å². The Kier molecular flexibility index (Phi) is 5.01. The van der Waals surface area contributed by atoms with Crippen LogP contribution in [0.5, 0.6) is 0 Å². The molecule has 0 aromatic rings. The van der Waals surface area contributed by atoms with Crippen molar-refractivity contribution in [3.05, 3.63) is 0 Å². The monoisotopic (exact) mass is 296 g/mol. The van der Waals surface area contributed by atoms with Crippen molar-refractivity contribution in [2.24, 2.45) is 5.10 Å². The van der Waals surface area contributed by atoms with Crippen molar-refractivity contribution in [3.63, 3.8) is 0 Å². The van der Waals surface area contributed by atoms with E-state index in [0.29, 0.717) is 0 Å². The second-order valence-corrected chi connectivity index (χ2v) is 6.94. The van der Waals surface area contributed by atoms with E-state index in [1.54, 1.807) is 6.21 Å². The average Bonchev–Trinajstić information content (AvgIpc) is 2.65. The molecule has 0 saturated carbocycles. The molecule has 0 radical (unpaired) electrons. The number of nitrogens with zero attached hydrogens (tertiary/aromatic N) is 2. The molecule has 0 spiro atoms. The predicted molar refractivity (Wildman–Crippen MR) is 85.1 cm³/mol. The topological polar surface area (TPSA) is 43.3 Å². The lowest BCUT2D eigenvalue weighted by molar-refractivity contribution is -0.0931. The smallest absolute Gasteiger partial charge is 0.402 e. The molecular weight excluding hydrogens is 267 g/mol. The molecule has 2 rings (SSSR count). The maximum atomic E-state index is 6.15. The Bertz CT molecular complexity index is 365. The van der Waals surface area contributed by atoms with Gasteiger partial charge in [-0.3, -0.25) is 5.01 Å². The van der Waals surface area contributed by atoms with Crippen LogP contribution in [-0.2, 0) is 14.0 Å². The van der Waals surface area contributed by atoms with E-state index in [2.05, 4.69) is 39.7 Å². The summed E-state index contributed by atoms with van der Waals surface area (Å²) in [5, 5.41) is 6.51. The Balaban J connectivity index is 2.10. The minimum atomic E-state index is -0.319. The zero-order chi connectivity index (χ0) is 15.7. The van der Waals surface area contributed by atoms with Gasteiger partial charge >= 0.3 is 7.12 Å². The number of rotatable bonds is 4. The molecular formula is C15H29BN2O3. The fourth-order valence-corrected chi connectivity index (χ4v) is 2.72. The molecule has 0 aromatic heterocycles. The first kappa shape index (κ1) is 16.8. The van der Waals surface area contributed by atoms with E-state index in [-0.39, 0.29) is 30.5 Å². The van der Waals surface area contributed by atoms with Gasteiger partial charge in [0, 0.05) is 12.8 Å². The van der Waals surface area contributed by atoms with Gasteiger partial charge in [0.15, 0.2) is 0 Å². The normalized spacial score (nSPS) is 29.8. The first-order chi connectivity index (χ1) is 9.78. The third-order valence-electron chi connectivity index (χ3n) is 4.78. The summed E-state index contributed by atoms with van der Waals surface area (Å²) in [6, 6.07) is 0. The Morgan fingerprint density at radius 3 is 2.29 bits per heavy atom. The van der Waals surface area contributed by atoms with Crippen LogP contribution in [0.2, 0.25) is 0 Å². The first-order valence-corrected chi connectivity index (χ1v) is 8.02. The third kappa shape index (κ3) is 3.43. The van der Waals surface area contributed by atoms with Gasteiger partial charge in [0.2, 0.25) is 0 Å². The number of hydrazone groups is 1. The van der Waals surface area contributed by atoms with E-state index in [1.165, 1.54) is 6.42 Å². The van der Waals surface area contributed by atoms with Crippen molar-refractivity contribution in [2.75, 3.05) is 6.61 Å².